The maximum Gasteiger partial charge on any atom is 0.260 e. The van der Waals surface area contributed by atoms with Gasteiger partial charge in [0.1, 0.15) is 4.83 Å². The fourth-order valence-electron chi connectivity index (χ4n) is 1.44. The fraction of sp³-hybridized carbons (Fsp3) is 0.333. The quantitative estimate of drug-likeness (QED) is 0.765. The third kappa shape index (κ3) is 2.10. The summed E-state index contributed by atoms with van der Waals surface area (Å²) in [7, 11) is 0. The number of aromatic amines is 1. The van der Waals surface area contributed by atoms with Crippen molar-refractivity contribution in [3.8, 4) is 0 Å². The number of nitrogens with zero attached hydrogens (tertiary/aromatic N) is 1. The zero-order valence-corrected chi connectivity index (χ0v) is 10.8. The van der Waals surface area contributed by atoms with Gasteiger partial charge < -0.3 is 10.1 Å². The van der Waals surface area contributed by atoms with Crippen molar-refractivity contribution in [3.63, 3.8) is 0 Å². The molecule has 0 aliphatic carbocycles. The molecule has 2 aromatic rings. The minimum absolute atomic E-state index is 0.0196. The molecule has 4 nitrogen and oxygen atoms in total. The van der Waals surface area contributed by atoms with Crippen molar-refractivity contribution in [1.82, 2.24) is 9.97 Å². The number of nitrogens with one attached hydrogen (secondary N) is 1. The molecular weight excluding hydrogens is 236 g/mol. The Kier molecular flexibility index (Phi) is 2.58. The number of hydrogen-bond donors (Lipinski definition) is 2. The minimum Gasteiger partial charge on any atom is -0.505 e. The second kappa shape index (κ2) is 3.70. The van der Waals surface area contributed by atoms with Crippen LogP contribution in [0.2, 0.25) is 0 Å². The summed E-state index contributed by atoms with van der Waals surface area (Å²) in [6.07, 6.45) is 0. The molecule has 0 unspecified atom stereocenters. The summed E-state index contributed by atoms with van der Waals surface area (Å²) in [6, 6.07) is 1.86. The van der Waals surface area contributed by atoms with Gasteiger partial charge in [0.2, 0.25) is 0 Å². The van der Waals surface area contributed by atoms with Gasteiger partial charge in [0, 0.05) is 4.88 Å². The Morgan fingerprint density at radius 3 is 2.71 bits per heavy atom. The molecule has 0 aliphatic rings. The summed E-state index contributed by atoms with van der Waals surface area (Å²) in [5.41, 5.74) is -0.263. The molecule has 17 heavy (non-hydrogen) atoms. The molecule has 0 aliphatic heterocycles. The third-order valence-electron chi connectivity index (χ3n) is 2.41. The molecule has 0 radical (unpaired) electrons. The van der Waals surface area contributed by atoms with Crippen molar-refractivity contribution in [2.75, 3.05) is 0 Å². The van der Waals surface area contributed by atoms with Crippen molar-refractivity contribution in [1.29, 1.82) is 0 Å². The largest absolute Gasteiger partial charge is 0.505 e. The van der Waals surface area contributed by atoms with E-state index in [0.717, 1.165) is 4.88 Å². The average Bonchev–Trinajstić information content (AvgIpc) is 2.60. The van der Waals surface area contributed by atoms with Gasteiger partial charge in [0.25, 0.3) is 5.56 Å². The number of H-pyrrole nitrogens is 1. The number of fused-ring (bicyclic) bond motifs is 1. The van der Waals surface area contributed by atoms with Gasteiger partial charge in [0.15, 0.2) is 11.6 Å². The smallest absolute Gasteiger partial charge is 0.260 e. The summed E-state index contributed by atoms with van der Waals surface area (Å²) in [5, 5.41) is 9.81. The highest BCUT2D eigenvalue weighted by molar-refractivity contribution is 7.18. The molecule has 0 bridgehead atoms. The van der Waals surface area contributed by atoms with Crippen LogP contribution in [-0.4, -0.2) is 15.1 Å². The van der Waals surface area contributed by atoms with Crippen molar-refractivity contribution in [2.24, 2.45) is 0 Å². The van der Waals surface area contributed by atoms with Crippen LogP contribution >= 0.6 is 11.3 Å². The highest BCUT2D eigenvalue weighted by atomic mass is 32.1. The predicted molar refractivity (Wildman–Crippen MR) is 70.6 cm³/mol. The highest BCUT2D eigenvalue weighted by Crippen LogP contribution is 2.31. The van der Waals surface area contributed by atoms with Crippen LogP contribution in [0.5, 0.6) is 0 Å². The van der Waals surface area contributed by atoms with E-state index >= 15 is 0 Å². The fourth-order valence-corrected chi connectivity index (χ4v) is 2.53. The number of aliphatic hydroxyl groups excluding tert-OH is 1. The number of rotatable bonds is 1. The molecule has 2 aromatic heterocycles. The Bertz CT molecular complexity index is 647. The van der Waals surface area contributed by atoms with Gasteiger partial charge in [-0.05, 0) is 11.5 Å². The standard InChI is InChI=1S/C12H14N2O2S/c1-6(15)9-13-10(16)7-5-8(12(2,3)4)17-11(7)14-9/h5,15H,1H2,2-4H3,(H,13,14,16). The molecule has 90 valence electrons. The van der Waals surface area contributed by atoms with Crippen LogP contribution in [0.25, 0.3) is 16.0 Å². The molecule has 0 aromatic carbocycles. The summed E-state index contributed by atoms with van der Waals surface area (Å²) in [6.45, 7) is 9.60. The van der Waals surface area contributed by atoms with Crippen molar-refractivity contribution < 1.29 is 5.11 Å². The first kappa shape index (κ1) is 11.9. The molecule has 0 saturated heterocycles. The maximum atomic E-state index is 11.8. The lowest BCUT2D eigenvalue weighted by Crippen LogP contribution is -2.10. The number of thiophene rings is 1. The van der Waals surface area contributed by atoms with E-state index in [2.05, 4.69) is 37.3 Å². The molecule has 2 rings (SSSR count). The van der Waals surface area contributed by atoms with Crippen LogP contribution in [0.3, 0.4) is 0 Å². The van der Waals surface area contributed by atoms with E-state index in [1.165, 1.54) is 11.3 Å². The van der Waals surface area contributed by atoms with E-state index in [1.807, 2.05) is 6.07 Å². The lowest BCUT2D eigenvalue weighted by Gasteiger charge is -2.14. The highest BCUT2D eigenvalue weighted by Gasteiger charge is 2.19. The normalized spacial score (nSPS) is 11.9. The van der Waals surface area contributed by atoms with Crippen LogP contribution in [-0.2, 0) is 5.41 Å². The van der Waals surface area contributed by atoms with E-state index < -0.39 is 0 Å². The van der Waals surface area contributed by atoms with E-state index in [4.69, 9.17) is 0 Å². The molecular formula is C12H14N2O2S. The van der Waals surface area contributed by atoms with E-state index in [1.54, 1.807) is 0 Å². The van der Waals surface area contributed by atoms with Gasteiger partial charge in [-0.15, -0.1) is 11.3 Å². The molecule has 0 saturated carbocycles. The average molecular weight is 250 g/mol. The van der Waals surface area contributed by atoms with Crippen molar-refractivity contribution >= 4 is 27.3 Å². The van der Waals surface area contributed by atoms with Gasteiger partial charge in [-0.2, -0.15) is 0 Å². The second-order valence-electron chi connectivity index (χ2n) is 4.94. The first-order valence-electron chi connectivity index (χ1n) is 5.21. The van der Waals surface area contributed by atoms with Crippen LogP contribution in [0.4, 0.5) is 0 Å². The predicted octanol–water partition coefficient (Wildman–Crippen LogP) is 2.81. The second-order valence-corrected chi connectivity index (χ2v) is 5.97. The molecule has 0 fully saturated rings. The van der Waals surface area contributed by atoms with Crippen LogP contribution in [0, 0.1) is 0 Å². The zero-order chi connectivity index (χ0) is 12.8. The van der Waals surface area contributed by atoms with E-state index in [0.29, 0.717) is 10.2 Å². The molecule has 0 spiro atoms. The Morgan fingerprint density at radius 1 is 1.53 bits per heavy atom. The minimum atomic E-state index is -0.244. The van der Waals surface area contributed by atoms with Gasteiger partial charge in [-0.1, -0.05) is 27.4 Å². The Hall–Kier alpha value is -1.62. The van der Waals surface area contributed by atoms with Crippen molar-refractivity contribution in [2.45, 2.75) is 26.2 Å². The summed E-state index contributed by atoms with van der Waals surface area (Å²) in [4.78, 5) is 20.2. The van der Waals surface area contributed by atoms with Gasteiger partial charge in [0.05, 0.1) is 5.39 Å². The van der Waals surface area contributed by atoms with Crippen molar-refractivity contribution in [3.05, 3.63) is 33.7 Å². The van der Waals surface area contributed by atoms with Crippen LogP contribution in [0.15, 0.2) is 17.4 Å². The topological polar surface area (TPSA) is 66.0 Å². The Labute approximate surface area is 103 Å². The number of aliphatic hydroxyl groups is 1. The molecule has 2 heterocycles. The van der Waals surface area contributed by atoms with Gasteiger partial charge >= 0.3 is 0 Å². The third-order valence-corrected chi connectivity index (χ3v) is 3.87. The summed E-state index contributed by atoms with van der Waals surface area (Å²) >= 11 is 1.47. The molecule has 0 amide bonds. The molecule has 0 atom stereocenters. The SMILES string of the molecule is C=C(O)c1nc2sc(C(C)(C)C)cc2c(=O)[nH]1. The van der Waals surface area contributed by atoms with Crippen LogP contribution in [0.1, 0.15) is 31.5 Å². The lowest BCUT2D eigenvalue weighted by molar-refractivity contribution is 0.507. The summed E-state index contributed by atoms with van der Waals surface area (Å²) in [5.74, 6) is -0.0977. The van der Waals surface area contributed by atoms with E-state index in [9.17, 15) is 9.90 Å². The first-order chi connectivity index (χ1) is 7.79. The Morgan fingerprint density at radius 2 is 2.18 bits per heavy atom. The Balaban J connectivity index is 2.74. The first-order valence-corrected chi connectivity index (χ1v) is 6.03. The molecule has 2 N–H and O–H groups in total. The van der Waals surface area contributed by atoms with Gasteiger partial charge in [-0.25, -0.2) is 4.98 Å². The van der Waals surface area contributed by atoms with E-state index in [-0.39, 0.29) is 22.6 Å². The number of aromatic nitrogens is 2. The summed E-state index contributed by atoms with van der Waals surface area (Å²) < 4.78 is 0. The monoisotopic (exact) mass is 250 g/mol. The maximum absolute atomic E-state index is 11.8. The number of hydrogen-bond acceptors (Lipinski definition) is 4. The lowest BCUT2D eigenvalue weighted by atomic mass is 9.94. The van der Waals surface area contributed by atoms with Gasteiger partial charge in [-0.3, -0.25) is 4.79 Å². The van der Waals surface area contributed by atoms with Crippen LogP contribution < -0.4 is 5.56 Å². The zero-order valence-electron chi connectivity index (χ0n) is 10.00. The molecule has 5 heteroatoms.